The van der Waals surface area contributed by atoms with Crippen LogP contribution in [0.15, 0.2) is 73.2 Å². The number of anilines is 3. The number of halogens is 3. The second-order valence-corrected chi connectivity index (χ2v) is 13.1. The smallest absolute Gasteiger partial charge is 0.416 e. The van der Waals surface area contributed by atoms with Gasteiger partial charge in [0.05, 0.1) is 39.9 Å². The first-order valence-electron chi connectivity index (χ1n) is 15.1. The number of benzene rings is 2. The molecule has 2 aromatic carbocycles. The van der Waals surface area contributed by atoms with Gasteiger partial charge in [-0.25, -0.2) is 24.4 Å². The molecule has 0 radical (unpaired) electrons. The lowest BCUT2D eigenvalue weighted by molar-refractivity contribution is -0.137. The molecule has 0 aliphatic carbocycles. The lowest BCUT2D eigenvalue weighted by Crippen LogP contribution is -2.34. The number of nitrogens with zero attached hydrogens (tertiary/aromatic N) is 6. The van der Waals surface area contributed by atoms with E-state index in [0.717, 1.165) is 35.4 Å². The molecule has 0 bridgehead atoms. The van der Waals surface area contributed by atoms with E-state index in [4.69, 9.17) is 4.74 Å². The summed E-state index contributed by atoms with van der Waals surface area (Å²) in [5.74, 6) is 0.769. The van der Waals surface area contributed by atoms with Crippen LogP contribution in [0.4, 0.5) is 34.6 Å². The second-order valence-electron chi connectivity index (χ2n) is 12.1. The van der Waals surface area contributed by atoms with Crippen molar-refractivity contribution >= 4 is 39.9 Å². The van der Waals surface area contributed by atoms with Gasteiger partial charge in [-0.05, 0) is 60.9 Å². The minimum absolute atomic E-state index is 0.0508. The second kappa shape index (κ2) is 13.1. The van der Waals surface area contributed by atoms with Gasteiger partial charge < -0.3 is 10.1 Å². The van der Waals surface area contributed by atoms with Gasteiger partial charge in [-0.15, -0.1) is 0 Å². The Morgan fingerprint density at radius 1 is 0.938 bits per heavy atom. The Labute approximate surface area is 277 Å². The fraction of sp³-hybridized carbons (Fsp3) is 0.273. The third-order valence-electron chi connectivity index (χ3n) is 7.42. The molecule has 1 aliphatic heterocycles. The lowest BCUT2D eigenvalue weighted by atomic mass is 9.92. The van der Waals surface area contributed by atoms with Crippen LogP contribution in [-0.4, -0.2) is 43.2 Å². The van der Waals surface area contributed by atoms with E-state index in [0.29, 0.717) is 29.5 Å². The number of urea groups is 1. The fourth-order valence-electron chi connectivity index (χ4n) is 4.88. The molecule has 11 nitrogen and oxygen atoms in total. The Hall–Kier alpha value is -5.31. The molecular formula is C33H31F3N8O3S. The Kier molecular flexibility index (Phi) is 8.88. The molecule has 0 saturated carbocycles. The highest BCUT2D eigenvalue weighted by atomic mass is 32.1. The van der Waals surface area contributed by atoms with Crippen molar-refractivity contribution in [1.82, 2.24) is 24.7 Å². The fourth-order valence-corrected chi connectivity index (χ4v) is 5.85. The van der Waals surface area contributed by atoms with E-state index >= 15 is 0 Å². The van der Waals surface area contributed by atoms with E-state index < -0.39 is 23.2 Å². The van der Waals surface area contributed by atoms with Crippen molar-refractivity contribution < 1.29 is 27.5 Å². The van der Waals surface area contributed by atoms with Crippen molar-refractivity contribution in [2.45, 2.75) is 51.6 Å². The standard InChI is InChI=1S/C33H31F3N8O3S/c1-32(2,3)26-16-27(44(42-26)23-8-6-7-21(15-23)33(34,35)36)41-29(46)40-22-17-37-30(38-18-22)47-24-12-10-20(11-13-24)25-19-39-31(48-25)43-14-5-4-9-28(43)45/h6-8,10-13,15-19H,4-5,9,14H2,1-3H3,(H2,40,41,46). The molecule has 3 amide bonds. The summed E-state index contributed by atoms with van der Waals surface area (Å²) in [4.78, 5) is 40.6. The molecule has 5 aromatic rings. The summed E-state index contributed by atoms with van der Waals surface area (Å²) in [6.07, 6.45) is 2.37. The highest BCUT2D eigenvalue weighted by Crippen LogP contribution is 2.35. The maximum Gasteiger partial charge on any atom is 0.416 e. The van der Waals surface area contributed by atoms with Crippen molar-refractivity contribution in [3.05, 3.63) is 84.4 Å². The number of hydrogen-bond donors (Lipinski definition) is 2. The molecule has 3 aromatic heterocycles. The van der Waals surface area contributed by atoms with Crippen LogP contribution in [0.25, 0.3) is 16.1 Å². The normalized spacial score (nSPS) is 13.8. The molecule has 0 spiro atoms. The van der Waals surface area contributed by atoms with E-state index in [1.807, 2.05) is 32.9 Å². The van der Waals surface area contributed by atoms with E-state index in [-0.39, 0.29) is 29.1 Å². The molecule has 15 heteroatoms. The van der Waals surface area contributed by atoms with Gasteiger partial charge in [0.15, 0.2) is 5.13 Å². The highest BCUT2D eigenvalue weighted by Gasteiger charge is 2.31. The third kappa shape index (κ3) is 7.46. The van der Waals surface area contributed by atoms with Crippen molar-refractivity contribution in [3.63, 3.8) is 0 Å². The number of carbonyl (C=O) groups is 2. The number of amides is 3. The van der Waals surface area contributed by atoms with Gasteiger partial charge >= 0.3 is 18.2 Å². The quantitative estimate of drug-likeness (QED) is 0.179. The maximum absolute atomic E-state index is 13.4. The largest absolute Gasteiger partial charge is 0.424 e. The minimum atomic E-state index is -4.54. The highest BCUT2D eigenvalue weighted by molar-refractivity contribution is 7.19. The molecule has 1 fully saturated rings. The van der Waals surface area contributed by atoms with E-state index in [1.54, 1.807) is 29.3 Å². The van der Waals surface area contributed by atoms with Crippen LogP contribution in [0, 0.1) is 0 Å². The number of ether oxygens (including phenoxy) is 1. The molecule has 4 heterocycles. The van der Waals surface area contributed by atoms with Crippen LogP contribution in [0.2, 0.25) is 0 Å². The predicted octanol–water partition coefficient (Wildman–Crippen LogP) is 8.06. The van der Waals surface area contributed by atoms with Crippen LogP contribution in [0.5, 0.6) is 11.8 Å². The van der Waals surface area contributed by atoms with Crippen LogP contribution in [0.3, 0.4) is 0 Å². The Balaban J connectivity index is 1.09. The first-order valence-corrected chi connectivity index (χ1v) is 15.9. The first kappa shape index (κ1) is 32.6. The van der Waals surface area contributed by atoms with Crippen molar-refractivity contribution in [2.75, 3.05) is 22.1 Å². The van der Waals surface area contributed by atoms with Gasteiger partial charge in [0.1, 0.15) is 11.6 Å². The molecule has 0 atom stereocenters. The van der Waals surface area contributed by atoms with E-state index in [2.05, 4.69) is 30.7 Å². The van der Waals surface area contributed by atoms with Gasteiger partial charge in [0.2, 0.25) is 5.91 Å². The summed E-state index contributed by atoms with van der Waals surface area (Å²) < 4.78 is 47.2. The third-order valence-corrected chi connectivity index (χ3v) is 8.49. The summed E-state index contributed by atoms with van der Waals surface area (Å²) in [5.41, 5.74) is 0.607. The van der Waals surface area contributed by atoms with Gasteiger partial charge in [0, 0.05) is 30.6 Å². The molecular weight excluding hydrogens is 645 g/mol. The van der Waals surface area contributed by atoms with Crippen molar-refractivity contribution in [1.29, 1.82) is 0 Å². The van der Waals surface area contributed by atoms with Gasteiger partial charge in [0.25, 0.3) is 0 Å². The van der Waals surface area contributed by atoms with Gasteiger partial charge in [-0.3, -0.25) is 15.0 Å². The van der Waals surface area contributed by atoms with Crippen LogP contribution >= 0.6 is 11.3 Å². The lowest BCUT2D eigenvalue weighted by Gasteiger charge is -2.23. The molecule has 1 aliphatic rings. The molecule has 48 heavy (non-hydrogen) atoms. The van der Waals surface area contributed by atoms with Crippen molar-refractivity contribution in [2.24, 2.45) is 0 Å². The number of thiazole rings is 1. The zero-order valence-electron chi connectivity index (χ0n) is 26.2. The summed E-state index contributed by atoms with van der Waals surface area (Å²) in [6.45, 7) is 6.40. The Morgan fingerprint density at radius 3 is 2.38 bits per heavy atom. The molecule has 248 valence electrons. The van der Waals surface area contributed by atoms with Crippen LogP contribution in [-0.2, 0) is 16.4 Å². The number of piperidine rings is 1. The molecule has 0 unspecified atom stereocenters. The average molecular weight is 677 g/mol. The van der Waals surface area contributed by atoms with Crippen LogP contribution < -0.4 is 20.3 Å². The number of rotatable bonds is 7. The minimum Gasteiger partial charge on any atom is -0.424 e. The zero-order valence-corrected chi connectivity index (χ0v) is 27.0. The predicted molar refractivity (Wildman–Crippen MR) is 176 cm³/mol. The first-order chi connectivity index (χ1) is 22.8. The summed E-state index contributed by atoms with van der Waals surface area (Å²) in [5, 5.41) is 10.5. The van der Waals surface area contributed by atoms with E-state index in [1.165, 1.54) is 40.5 Å². The molecule has 2 N–H and O–H groups in total. The molecule has 1 saturated heterocycles. The summed E-state index contributed by atoms with van der Waals surface area (Å²) in [6, 6.07) is 13.0. The van der Waals surface area contributed by atoms with Gasteiger partial charge in [-0.1, -0.05) is 38.2 Å². The van der Waals surface area contributed by atoms with Crippen molar-refractivity contribution in [3.8, 4) is 27.9 Å². The maximum atomic E-state index is 13.4. The number of carbonyl (C=O) groups excluding carboxylic acids is 2. The molecule has 6 rings (SSSR count). The number of alkyl halides is 3. The monoisotopic (exact) mass is 676 g/mol. The topological polar surface area (TPSA) is 127 Å². The number of nitrogens with one attached hydrogen (secondary N) is 2. The zero-order chi connectivity index (χ0) is 34.1. The summed E-state index contributed by atoms with van der Waals surface area (Å²) in [7, 11) is 0. The number of aromatic nitrogens is 5. The Bertz CT molecular complexity index is 1930. The van der Waals surface area contributed by atoms with E-state index in [9.17, 15) is 22.8 Å². The summed E-state index contributed by atoms with van der Waals surface area (Å²) >= 11 is 1.46. The van der Waals surface area contributed by atoms with Crippen LogP contribution in [0.1, 0.15) is 51.3 Å². The SMILES string of the molecule is CC(C)(C)c1cc(NC(=O)Nc2cnc(Oc3ccc(-c4cnc(N5CCCCC5=O)s4)cc3)nc2)n(-c2cccc(C(F)(F)F)c2)n1. The average Bonchev–Trinajstić information content (AvgIpc) is 3.71. The Morgan fingerprint density at radius 2 is 1.69 bits per heavy atom. The van der Waals surface area contributed by atoms with Gasteiger partial charge in [-0.2, -0.15) is 18.3 Å². The number of hydrogen-bond acceptors (Lipinski definition) is 8.